The molecule has 0 amide bonds. The minimum Gasteiger partial charge on any atom is -0.481 e. The molecule has 0 aromatic rings. The molecule has 0 radical (unpaired) electrons. The summed E-state index contributed by atoms with van der Waals surface area (Å²) in [6.07, 6.45) is 3.21. The Morgan fingerprint density at radius 3 is 3.14 bits per heavy atom. The van der Waals surface area contributed by atoms with Crippen LogP contribution in [0.15, 0.2) is 12.7 Å². The Bertz CT molecular complexity index is 206. The Labute approximate surface area is 84.6 Å². The summed E-state index contributed by atoms with van der Waals surface area (Å²) in [7, 11) is 0. The Hall–Kier alpha value is -0.870. The minimum atomic E-state index is -0.738. The van der Waals surface area contributed by atoms with E-state index < -0.39 is 5.97 Å². The number of nitrogens with zero attached hydrogens (tertiary/aromatic N) is 1. The van der Waals surface area contributed by atoms with Gasteiger partial charge < -0.3 is 10.4 Å². The van der Waals surface area contributed by atoms with Gasteiger partial charge in [0.25, 0.3) is 0 Å². The zero-order valence-corrected chi connectivity index (χ0v) is 8.41. The van der Waals surface area contributed by atoms with Crippen molar-refractivity contribution in [2.45, 2.75) is 18.9 Å². The van der Waals surface area contributed by atoms with Crippen LogP contribution in [-0.4, -0.2) is 48.2 Å². The Morgan fingerprint density at radius 2 is 2.50 bits per heavy atom. The van der Waals surface area contributed by atoms with Crippen molar-refractivity contribution in [2.75, 3.05) is 26.2 Å². The predicted molar refractivity (Wildman–Crippen MR) is 55.3 cm³/mol. The number of nitrogens with one attached hydrogen (secondary N) is 1. The van der Waals surface area contributed by atoms with Gasteiger partial charge in [-0.25, -0.2) is 0 Å². The van der Waals surface area contributed by atoms with Gasteiger partial charge in [-0.15, -0.1) is 6.58 Å². The van der Waals surface area contributed by atoms with E-state index in [-0.39, 0.29) is 6.42 Å². The summed E-state index contributed by atoms with van der Waals surface area (Å²) >= 11 is 0. The number of likely N-dealkylation sites (tertiary alicyclic amines) is 1. The second-order valence-electron chi connectivity index (χ2n) is 3.63. The van der Waals surface area contributed by atoms with Crippen LogP contribution >= 0.6 is 0 Å². The number of aliphatic carboxylic acids is 1. The maximum absolute atomic E-state index is 10.3. The van der Waals surface area contributed by atoms with Gasteiger partial charge in [0.1, 0.15) is 0 Å². The molecule has 4 nitrogen and oxygen atoms in total. The van der Waals surface area contributed by atoms with Crippen molar-refractivity contribution < 1.29 is 9.90 Å². The average molecular weight is 198 g/mol. The maximum Gasteiger partial charge on any atom is 0.304 e. The molecule has 0 aromatic carbocycles. The lowest BCUT2D eigenvalue weighted by atomic mass is 10.2. The number of hydrogen-bond donors (Lipinski definition) is 2. The molecule has 0 aliphatic carbocycles. The SMILES string of the molecule is C=CCN1CCC(NCCC(=O)O)C1. The first-order valence-corrected chi connectivity index (χ1v) is 5.01. The molecule has 1 heterocycles. The zero-order valence-electron chi connectivity index (χ0n) is 8.41. The summed E-state index contributed by atoms with van der Waals surface area (Å²) in [5.74, 6) is -0.738. The van der Waals surface area contributed by atoms with Crippen molar-refractivity contribution in [3.05, 3.63) is 12.7 Å². The van der Waals surface area contributed by atoms with Gasteiger partial charge in [0.15, 0.2) is 0 Å². The van der Waals surface area contributed by atoms with Crippen LogP contribution in [0, 0.1) is 0 Å². The molecule has 1 unspecified atom stereocenters. The molecular formula is C10H18N2O2. The molecule has 0 bridgehead atoms. The number of carbonyl (C=O) groups is 1. The summed E-state index contributed by atoms with van der Waals surface area (Å²) in [6, 6.07) is 0.453. The predicted octanol–water partition coefficient (Wildman–Crippen LogP) is 0.311. The van der Waals surface area contributed by atoms with Crippen LogP contribution in [0.5, 0.6) is 0 Å². The van der Waals surface area contributed by atoms with Crippen molar-refractivity contribution >= 4 is 5.97 Å². The van der Waals surface area contributed by atoms with E-state index in [0.29, 0.717) is 12.6 Å². The van der Waals surface area contributed by atoms with E-state index in [9.17, 15) is 4.79 Å². The largest absolute Gasteiger partial charge is 0.481 e. The minimum absolute atomic E-state index is 0.206. The highest BCUT2D eigenvalue weighted by atomic mass is 16.4. The highest BCUT2D eigenvalue weighted by Crippen LogP contribution is 2.08. The topological polar surface area (TPSA) is 52.6 Å². The number of carboxylic acids is 1. The second kappa shape index (κ2) is 5.78. The average Bonchev–Trinajstić information content (AvgIpc) is 2.53. The van der Waals surface area contributed by atoms with Crippen LogP contribution in [-0.2, 0) is 4.79 Å². The van der Waals surface area contributed by atoms with E-state index in [2.05, 4.69) is 16.8 Å². The van der Waals surface area contributed by atoms with Crippen molar-refractivity contribution in [1.82, 2.24) is 10.2 Å². The van der Waals surface area contributed by atoms with Crippen LogP contribution < -0.4 is 5.32 Å². The van der Waals surface area contributed by atoms with E-state index in [1.807, 2.05) is 6.08 Å². The monoisotopic (exact) mass is 198 g/mol. The first kappa shape index (κ1) is 11.2. The van der Waals surface area contributed by atoms with Crippen LogP contribution in [0.25, 0.3) is 0 Å². The molecule has 1 aliphatic heterocycles. The molecule has 14 heavy (non-hydrogen) atoms. The van der Waals surface area contributed by atoms with Gasteiger partial charge in [0.2, 0.25) is 0 Å². The smallest absolute Gasteiger partial charge is 0.304 e. The molecule has 1 fully saturated rings. The molecule has 0 saturated carbocycles. The van der Waals surface area contributed by atoms with Crippen molar-refractivity contribution in [3.8, 4) is 0 Å². The first-order valence-electron chi connectivity index (χ1n) is 5.01. The first-order chi connectivity index (χ1) is 6.72. The van der Waals surface area contributed by atoms with Crippen LogP contribution in [0.3, 0.4) is 0 Å². The lowest BCUT2D eigenvalue weighted by molar-refractivity contribution is -0.136. The van der Waals surface area contributed by atoms with Crippen molar-refractivity contribution in [2.24, 2.45) is 0 Å². The fourth-order valence-corrected chi connectivity index (χ4v) is 1.73. The maximum atomic E-state index is 10.3. The van der Waals surface area contributed by atoms with Crippen LogP contribution in [0.1, 0.15) is 12.8 Å². The molecule has 0 aromatic heterocycles. The van der Waals surface area contributed by atoms with E-state index in [1.54, 1.807) is 0 Å². The summed E-state index contributed by atoms with van der Waals surface area (Å²) in [4.78, 5) is 12.6. The number of rotatable bonds is 6. The molecular weight excluding hydrogens is 180 g/mol. The van der Waals surface area contributed by atoms with E-state index >= 15 is 0 Å². The molecule has 1 atom stereocenters. The van der Waals surface area contributed by atoms with Crippen LogP contribution in [0.4, 0.5) is 0 Å². The second-order valence-corrected chi connectivity index (χ2v) is 3.63. The third kappa shape index (κ3) is 3.89. The summed E-state index contributed by atoms with van der Waals surface area (Å²) < 4.78 is 0. The van der Waals surface area contributed by atoms with Gasteiger partial charge >= 0.3 is 5.97 Å². The summed E-state index contributed by atoms with van der Waals surface area (Å²) in [5.41, 5.74) is 0. The molecule has 0 spiro atoms. The van der Waals surface area contributed by atoms with E-state index in [1.165, 1.54) is 0 Å². The summed E-state index contributed by atoms with van der Waals surface area (Å²) in [6.45, 7) is 7.28. The van der Waals surface area contributed by atoms with Crippen molar-refractivity contribution in [1.29, 1.82) is 0 Å². The van der Waals surface area contributed by atoms with Gasteiger partial charge in [-0.1, -0.05) is 6.08 Å². The molecule has 2 N–H and O–H groups in total. The summed E-state index contributed by atoms with van der Waals surface area (Å²) in [5, 5.41) is 11.7. The van der Waals surface area contributed by atoms with Crippen LogP contribution in [0.2, 0.25) is 0 Å². The van der Waals surface area contributed by atoms with E-state index in [0.717, 1.165) is 26.1 Å². The molecule has 1 aliphatic rings. The fourth-order valence-electron chi connectivity index (χ4n) is 1.73. The molecule has 1 rings (SSSR count). The zero-order chi connectivity index (χ0) is 10.4. The lowest BCUT2D eigenvalue weighted by Gasteiger charge is -2.14. The molecule has 1 saturated heterocycles. The van der Waals surface area contributed by atoms with E-state index in [4.69, 9.17) is 5.11 Å². The quantitative estimate of drug-likeness (QED) is 0.603. The Morgan fingerprint density at radius 1 is 1.71 bits per heavy atom. The molecule has 4 heteroatoms. The van der Waals surface area contributed by atoms with Gasteiger partial charge in [-0.3, -0.25) is 9.69 Å². The highest BCUT2D eigenvalue weighted by molar-refractivity contribution is 5.66. The lowest BCUT2D eigenvalue weighted by Crippen LogP contribution is -2.33. The van der Waals surface area contributed by atoms with Gasteiger partial charge in [0.05, 0.1) is 6.42 Å². The fraction of sp³-hybridized carbons (Fsp3) is 0.700. The molecule has 80 valence electrons. The Balaban J connectivity index is 2.09. The van der Waals surface area contributed by atoms with Gasteiger partial charge in [0, 0.05) is 32.2 Å². The third-order valence-electron chi connectivity index (χ3n) is 2.43. The number of hydrogen-bond acceptors (Lipinski definition) is 3. The number of carboxylic acid groups (broad SMARTS) is 1. The Kier molecular flexibility index (Phi) is 4.62. The van der Waals surface area contributed by atoms with Gasteiger partial charge in [-0.2, -0.15) is 0 Å². The normalized spacial score (nSPS) is 22.4. The standard InChI is InChI=1S/C10H18N2O2/c1-2-6-12-7-4-9(8-12)11-5-3-10(13)14/h2,9,11H,1,3-8H2,(H,13,14). The van der Waals surface area contributed by atoms with Gasteiger partial charge in [-0.05, 0) is 6.42 Å². The third-order valence-corrected chi connectivity index (χ3v) is 2.43. The van der Waals surface area contributed by atoms with Crippen molar-refractivity contribution in [3.63, 3.8) is 0 Å². The highest BCUT2D eigenvalue weighted by Gasteiger charge is 2.20.